The van der Waals surface area contributed by atoms with Gasteiger partial charge in [0, 0.05) is 10.9 Å². The van der Waals surface area contributed by atoms with Crippen molar-refractivity contribution < 1.29 is 14.3 Å². The summed E-state index contributed by atoms with van der Waals surface area (Å²) in [5.41, 5.74) is 0. The van der Waals surface area contributed by atoms with Crippen molar-refractivity contribution in [3.63, 3.8) is 0 Å². The largest absolute Gasteiger partial charge is 0.469 e. The second kappa shape index (κ2) is 7.43. The van der Waals surface area contributed by atoms with Gasteiger partial charge in [0.1, 0.15) is 0 Å². The first-order chi connectivity index (χ1) is 9.70. The summed E-state index contributed by atoms with van der Waals surface area (Å²) in [5, 5.41) is 4.99. The van der Waals surface area contributed by atoms with Crippen LogP contribution in [0.15, 0.2) is 17.5 Å². The fourth-order valence-corrected chi connectivity index (χ4v) is 3.45. The van der Waals surface area contributed by atoms with Gasteiger partial charge in [0.15, 0.2) is 0 Å². The highest BCUT2D eigenvalue weighted by Crippen LogP contribution is 2.24. The number of hydrogen-bond donors (Lipinski definition) is 1. The Morgan fingerprint density at radius 1 is 1.35 bits per heavy atom. The van der Waals surface area contributed by atoms with Crippen LogP contribution in [0.5, 0.6) is 0 Å². The molecule has 1 aromatic rings. The Balaban J connectivity index is 1.96. The summed E-state index contributed by atoms with van der Waals surface area (Å²) >= 11 is 1.58. The Hall–Kier alpha value is -1.36. The number of rotatable bonds is 4. The standard InChI is InChI=1S/C15H21NO3S/c1-19-15(18)12-7-3-2-4-8-13(12)16-14(17)10-11-6-5-9-20-11/h5-6,9,12-13H,2-4,7-8,10H2,1H3,(H,16,17)/t12-,13+/m1/s1. The number of carbonyl (C=O) groups is 2. The molecule has 1 saturated carbocycles. The van der Waals surface area contributed by atoms with E-state index in [1.807, 2.05) is 17.5 Å². The van der Waals surface area contributed by atoms with Crippen molar-refractivity contribution in [1.82, 2.24) is 5.32 Å². The summed E-state index contributed by atoms with van der Waals surface area (Å²) in [4.78, 5) is 25.0. The molecule has 0 radical (unpaired) electrons. The SMILES string of the molecule is COC(=O)[C@@H]1CCCCC[C@@H]1NC(=O)Cc1cccs1. The fraction of sp³-hybridized carbons (Fsp3) is 0.600. The summed E-state index contributed by atoms with van der Waals surface area (Å²) in [5.74, 6) is -0.406. The second-order valence-corrected chi connectivity index (χ2v) is 6.23. The van der Waals surface area contributed by atoms with Gasteiger partial charge >= 0.3 is 5.97 Å². The van der Waals surface area contributed by atoms with E-state index in [2.05, 4.69) is 5.32 Å². The van der Waals surface area contributed by atoms with Crippen LogP contribution in [0, 0.1) is 5.92 Å². The number of amides is 1. The molecule has 2 atom stereocenters. The quantitative estimate of drug-likeness (QED) is 0.686. The Kier molecular flexibility index (Phi) is 5.59. The third-order valence-corrected chi connectivity index (χ3v) is 4.66. The minimum absolute atomic E-state index is 0.00625. The van der Waals surface area contributed by atoms with Gasteiger partial charge in [0.25, 0.3) is 0 Å². The Bertz CT molecular complexity index is 444. The van der Waals surface area contributed by atoms with Gasteiger partial charge in [-0.25, -0.2) is 0 Å². The molecule has 0 unspecified atom stereocenters. The van der Waals surface area contributed by atoms with Crippen molar-refractivity contribution in [1.29, 1.82) is 0 Å². The zero-order valence-electron chi connectivity index (χ0n) is 11.8. The normalized spacial score (nSPS) is 22.9. The second-order valence-electron chi connectivity index (χ2n) is 5.20. The Morgan fingerprint density at radius 2 is 2.15 bits per heavy atom. The highest BCUT2D eigenvalue weighted by atomic mass is 32.1. The Morgan fingerprint density at radius 3 is 2.85 bits per heavy atom. The minimum atomic E-state index is -0.201. The van der Waals surface area contributed by atoms with E-state index < -0.39 is 0 Å². The molecule has 0 spiro atoms. The van der Waals surface area contributed by atoms with Crippen molar-refractivity contribution in [2.45, 2.75) is 44.6 Å². The first kappa shape index (κ1) is 15.0. The van der Waals surface area contributed by atoms with E-state index in [0.717, 1.165) is 37.0 Å². The van der Waals surface area contributed by atoms with Crippen molar-refractivity contribution in [3.8, 4) is 0 Å². The average Bonchev–Trinajstić information content (AvgIpc) is 2.83. The van der Waals surface area contributed by atoms with Gasteiger partial charge in [-0.3, -0.25) is 9.59 Å². The number of hydrogen-bond acceptors (Lipinski definition) is 4. The maximum atomic E-state index is 12.1. The zero-order valence-corrected chi connectivity index (χ0v) is 12.6. The van der Waals surface area contributed by atoms with Gasteiger partial charge < -0.3 is 10.1 Å². The molecule has 1 fully saturated rings. The molecule has 1 N–H and O–H groups in total. The number of nitrogens with one attached hydrogen (secondary N) is 1. The van der Waals surface area contributed by atoms with E-state index in [9.17, 15) is 9.59 Å². The van der Waals surface area contributed by atoms with E-state index in [4.69, 9.17) is 4.74 Å². The molecule has 1 amide bonds. The van der Waals surface area contributed by atoms with Crippen LogP contribution in [0.1, 0.15) is 37.0 Å². The lowest BCUT2D eigenvalue weighted by atomic mass is 9.94. The fourth-order valence-electron chi connectivity index (χ4n) is 2.74. The van der Waals surface area contributed by atoms with E-state index >= 15 is 0 Å². The van der Waals surface area contributed by atoms with Gasteiger partial charge in [0.2, 0.25) is 5.91 Å². The lowest BCUT2D eigenvalue weighted by molar-refractivity contribution is -0.147. The molecule has 1 aliphatic rings. The van der Waals surface area contributed by atoms with Crippen LogP contribution < -0.4 is 5.32 Å². The molecule has 110 valence electrons. The smallest absolute Gasteiger partial charge is 0.310 e. The van der Waals surface area contributed by atoms with Crippen LogP contribution in [0.3, 0.4) is 0 Å². The molecule has 1 aromatic heterocycles. The summed E-state index contributed by atoms with van der Waals surface area (Å²) < 4.78 is 4.87. The molecule has 1 heterocycles. The number of ether oxygens (including phenoxy) is 1. The number of methoxy groups -OCH3 is 1. The average molecular weight is 295 g/mol. The van der Waals surface area contributed by atoms with Crippen molar-refractivity contribution in [2.24, 2.45) is 5.92 Å². The van der Waals surface area contributed by atoms with Crippen LogP contribution in [-0.2, 0) is 20.7 Å². The third-order valence-electron chi connectivity index (χ3n) is 3.78. The van der Waals surface area contributed by atoms with Crippen molar-refractivity contribution in [2.75, 3.05) is 7.11 Å². The van der Waals surface area contributed by atoms with Gasteiger partial charge in [-0.2, -0.15) is 0 Å². The first-order valence-electron chi connectivity index (χ1n) is 7.10. The molecule has 4 nitrogen and oxygen atoms in total. The Labute approximate surface area is 123 Å². The number of carbonyl (C=O) groups excluding carboxylic acids is 2. The van der Waals surface area contributed by atoms with Gasteiger partial charge in [0.05, 0.1) is 19.4 Å². The minimum Gasteiger partial charge on any atom is -0.469 e. The molecule has 0 saturated heterocycles. The monoisotopic (exact) mass is 295 g/mol. The molecule has 5 heteroatoms. The van der Waals surface area contributed by atoms with Crippen LogP contribution in [0.2, 0.25) is 0 Å². The topological polar surface area (TPSA) is 55.4 Å². The van der Waals surface area contributed by atoms with E-state index in [1.165, 1.54) is 7.11 Å². The predicted molar refractivity (Wildman–Crippen MR) is 78.5 cm³/mol. The third kappa shape index (κ3) is 4.07. The maximum absolute atomic E-state index is 12.1. The van der Waals surface area contributed by atoms with Crippen LogP contribution in [-0.4, -0.2) is 25.0 Å². The zero-order chi connectivity index (χ0) is 14.4. The lowest BCUT2D eigenvalue weighted by Gasteiger charge is -2.24. The van der Waals surface area contributed by atoms with Crippen LogP contribution in [0.25, 0.3) is 0 Å². The first-order valence-corrected chi connectivity index (χ1v) is 7.98. The number of thiophene rings is 1. The maximum Gasteiger partial charge on any atom is 0.310 e. The van der Waals surface area contributed by atoms with E-state index in [1.54, 1.807) is 11.3 Å². The molecule has 0 aromatic carbocycles. The predicted octanol–water partition coefficient (Wildman–Crippen LogP) is 2.53. The molecular formula is C15H21NO3S. The van der Waals surface area contributed by atoms with Gasteiger partial charge in [-0.1, -0.05) is 25.3 Å². The van der Waals surface area contributed by atoms with E-state index in [-0.39, 0.29) is 23.8 Å². The lowest BCUT2D eigenvalue weighted by Crippen LogP contribution is -2.43. The molecule has 0 aliphatic heterocycles. The van der Waals surface area contributed by atoms with Crippen molar-refractivity contribution >= 4 is 23.2 Å². The summed E-state index contributed by atoms with van der Waals surface area (Å²) in [6.07, 6.45) is 5.24. The highest BCUT2D eigenvalue weighted by molar-refractivity contribution is 7.10. The molecular weight excluding hydrogens is 274 g/mol. The van der Waals surface area contributed by atoms with E-state index in [0.29, 0.717) is 6.42 Å². The molecule has 1 aliphatic carbocycles. The molecule has 0 bridgehead atoms. The van der Waals surface area contributed by atoms with Crippen molar-refractivity contribution in [3.05, 3.63) is 22.4 Å². The summed E-state index contributed by atoms with van der Waals surface area (Å²) in [6, 6.07) is 3.81. The van der Waals surface area contributed by atoms with Gasteiger partial charge in [-0.05, 0) is 24.3 Å². The number of esters is 1. The summed E-state index contributed by atoms with van der Waals surface area (Å²) in [6.45, 7) is 0. The molecule has 2 rings (SSSR count). The van der Waals surface area contributed by atoms with Crippen LogP contribution in [0.4, 0.5) is 0 Å². The van der Waals surface area contributed by atoms with Crippen LogP contribution >= 0.6 is 11.3 Å². The van der Waals surface area contributed by atoms with Gasteiger partial charge in [-0.15, -0.1) is 11.3 Å². The highest BCUT2D eigenvalue weighted by Gasteiger charge is 2.31. The molecule has 20 heavy (non-hydrogen) atoms. The summed E-state index contributed by atoms with van der Waals surface area (Å²) in [7, 11) is 1.41.